The quantitative estimate of drug-likeness (QED) is 0.513. The number of hydrogen-bond donors (Lipinski definition) is 0. The highest BCUT2D eigenvalue weighted by atomic mass is 14.6. The summed E-state index contributed by atoms with van der Waals surface area (Å²) in [6, 6.07) is 0. The molecule has 0 spiro atoms. The van der Waals surface area contributed by atoms with Gasteiger partial charge in [-0.1, -0.05) is 31.8 Å². The lowest BCUT2D eigenvalue weighted by molar-refractivity contribution is 0.558. The molecule has 1 nitrogen and oxygen atoms in total. The molecule has 0 radical (unpaired) electrons. The van der Waals surface area contributed by atoms with E-state index < -0.39 is 0 Å². The molecular formula is C9H13N. The van der Waals surface area contributed by atoms with E-state index in [1.165, 1.54) is 25.7 Å². The van der Waals surface area contributed by atoms with E-state index in [0.717, 1.165) is 12.3 Å². The molecule has 10 heavy (non-hydrogen) atoms. The fourth-order valence-corrected chi connectivity index (χ4v) is 1.55. The predicted octanol–water partition coefficient (Wildman–Crippen LogP) is 3.00. The van der Waals surface area contributed by atoms with Gasteiger partial charge >= 0.3 is 0 Å². The highest BCUT2D eigenvalue weighted by Gasteiger charge is 2.12. The van der Waals surface area contributed by atoms with E-state index in [4.69, 9.17) is 6.57 Å². The monoisotopic (exact) mass is 135 g/mol. The van der Waals surface area contributed by atoms with Crippen LogP contribution in [0.25, 0.3) is 4.85 Å². The van der Waals surface area contributed by atoms with Gasteiger partial charge in [-0.3, -0.25) is 0 Å². The predicted molar refractivity (Wildman–Crippen MR) is 42.3 cm³/mol. The minimum atomic E-state index is 0.887. The first kappa shape index (κ1) is 7.34. The number of hydrogen-bond acceptors (Lipinski definition) is 0. The maximum Gasteiger partial charge on any atom is 0.150 e. The van der Waals surface area contributed by atoms with Gasteiger partial charge in [0, 0.05) is 0 Å². The van der Waals surface area contributed by atoms with Crippen LogP contribution in [0.4, 0.5) is 0 Å². The number of nitrogens with zero attached hydrogens (tertiary/aromatic N) is 1. The SMILES string of the molecule is [C-]#[N+]/C=C/CC1CCCC1. The summed E-state index contributed by atoms with van der Waals surface area (Å²) in [5.41, 5.74) is 0. The zero-order chi connectivity index (χ0) is 7.23. The maximum atomic E-state index is 6.51. The van der Waals surface area contributed by atoms with Gasteiger partial charge in [0.05, 0.1) is 6.57 Å². The van der Waals surface area contributed by atoms with Gasteiger partial charge in [0.1, 0.15) is 6.20 Å². The fraction of sp³-hybridized carbons (Fsp3) is 0.667. The second kappa shape index (κ2) is 4.11. The lowest BCUT2D eigenvalue weighted by Gasteiger charge is -2.01. The Morgan fingerprint density at radius 3 is 2.70 bits per heavy atom. The molecule has 1 aliphatic rings. The third-order valence-electron chi connectivity index (χ3n) is 2.12. The van der Waals surface area contributed by atoms with Crippen molar-refractivity contribution in [3.05, 3.63) is 23.7 Å². The van der Waals surface area contributed by atoms with Crippen molar-refractivity contribution in [2.75, 3.05) is 0 Å². The molecule has 0 atom stereocenters. The van der Waals surface area contributed by atoms with Gasteiger partial charge in [-0.15, -0.1) is 0 Å². The molecule has 0 aromatic carbocycles. The topological polar surface area (TPSA) is 4.36 Å². The van der Waals surface area contributed by atoms with Crippen molar-refractivity contribution >= 4 is 0 Å². The molecule has 0 amide bonds. The third kappa shape index (κ3) is 2.23. The Kier molecular flexibility index (Phi) is 3.02. The van der Waals surface area contributed by atoms with E-state index in [2.05, 4.69) is 4.85 Å². The molecule has 0 aromatic heterocycles. The van der Waals surface area contributed by atoms with Crippen molar-refractivity contribution in [3.63, 3.8) is 0 Å². The fourth-order valence-electron chi connectivity index (χ4n) is 1.55. The van der Waals surface area contributed by atoms with E-state index in [-0.39, 0.29) is 0 Å². The van der Waals surface area contributed by atoms with Crippen molar-refractivity contribution in [1.29, 1.82) is 0 Å². The molecule has 0 heterocycles. The Morgan fingerprint density at radius 2 is 2.10 bits per heavy atom. The van der Waals surface area contributed by atoms with E-state index >= 15 is 0 Å². The third-order valence-corrected chi connectivity index (χ3v) is 2.12. The van der Waals surface area contributed by atoms with Crippen molar-refractivity contribution in [2.45, 2.75) is 32.1 Å². The average Bonchev–Trinajstić information content (AvgIpc) is 2.41. The minimum Gasteiger partial charge on any atom is -0.246 e. The lowest BCUT2D eigenvalue weighted by atomic mass is 10.0. The zero-order valence-corrected chi connectivity index (χ0v) is 6.21. The highest BCUT2D eigenvalue weighted by molar-refractivity contribution is 4.91. The molecule has 1 saturated carbocycles. The normalized spacial score (nSPS) is 19.9. The summed E-state index contributed by atoms with van der Waals surface area (Å²) < 4.78 is 0. The van der Waals surface area contributed by atoms with Crippen LogP contribution in [0.3, 0.4) is 0 Å². The maximum absolute atomic E-state index is 6.51. The summed E-state index contributed by atoms with van der Waals surface area (Å²) in [6.07, 6.45) is 10.3. The molecule has 1 aliphatic carbocycles. The first-order valence-electron chi connectivity index (χ1n) is 3.95. The van der Waals surface area contributed by atoms with Crippen molar-refractivity contribution < 1.29 is 0 Å². The molecule has 1 fully saturated rings. The molecule has 0 unspecified atom stereocenters. The highest BCUT2D eigenvalue weighted by Crippen LogP contribution is 2.27. The molecule has 0 aromatic rings. The van der Waals surface area contributed by atoms with E-state index in [0.29, 0.717) is 0 Å². The first-order valence-corrected chi connectivity index (χ1v) is 3.95. The molecule has 1 heteroatoms. The Bertz CT molecular complexity index is 147. The Hall–Kier alpha value is -0.770. The summed E-state index contributed by atoms with van der Waals surface area (Å²) in [6.45, 7) is 6.51. The van der Waals surface area contributed by atoms with Crippen LogP contribution in [0.15, 0.2) is 12.3 Å². The summed E-state index contributed by atoms with van der Waals surface area (Å²) in [7, 11) is 0. The summed E-state index contributed by atoms with van der Waals surface area (Å²) in [4.78, 5) is 3.17. The second-order valence-corrected chi connectivity index (χ2v) is 2.90. The van der Waals surface area contributed by atoms with Crippen molar-refractivity contribution in [2.24, 2.45) is 5.92 Å². The minimum absolute atomic E-state index is 0.887. The second-order valence-electron chi connectivity index (χ2n) is 2.90. The largest absolute Gasteiger partial charge is 0.246 e. The average molecular weight is 135 g/mol. The van der Waals surface area contributed by atoms with Crippen LogP contribution < -0.4 is 0 Å². The Morgan fingerprint density at radius 1 is 1.40 bits per heavy atom. The standard InChI is InChI=1S/C9H13N/c1-10-8-4-7-9-5-2-3-6-9/h4,8-9H,2-3,5-7H2/b8-4+. The van der Waals surface area contributed by atoms with Crippen LogP contribution in [0.2, 0.25) is 0 Å². The summed E-state index contributed by atoms with van der Waals surface area (Å²) in [5, 5.41) is 0. The Labute approximate surface area is 62.6 Å². The molecule has 0 N–H and O–H groups in total. The Balaban J connectivity index is 2.13. The van der Waals surface area contributed by atoms with E-state index in [1.807, 2.05) is 6.08 Å². The van der Waals surface area contributed by atoms with Gasteiger partial charge in [-0.2, -0.15) is 0 Å². The molecule has 0 aliphatic heterocycles. The number of rotatable bonds is 2. The van der Waals surface area contributed by atoms with Crippen LogP contribution >= 0.6 is 0 Å². The van der Waals surface area contributed by atoms with Crippen molar-refractivity contribution in [3.8, 4) is 0 Å². The molecule has 0 saturated heterocycles. The van der Waals surface area contributed by atoms with Gasteiger partial charge in [-0.05, 0) is 12.3 Å². The lowest BCUT2D eigenvalue weighted by Crippen LogP contribution is -1.88. The molecular weight excluding hydrogens is 122 g/mol. The van der Waals surface area contributed by atoms with Gasteiger partial charge in [0.2, 0.25) is 0 Å². The first-order chi connectivity index (χ1) is 4.93. The van der Waals surface area contributed by atoms with Gasteiger partial charge in [0.15, 0.2) is 0 Å². The zero-order valence-electron chi connectivity index (χ0n) is 6.21. The van der Waals surface area contributed by atoms with Gasteiger partial charge in [0.25, 0.3) is 0 Å². The molecule has 0 bridgehead atoms. The van der Waals surface area contributed by atoms with Crippen molar-refractivity contribution in [1.82, 2.24) is 0 Å². The van der Waals surface area contributed by atoms with Crippen LogP contribution in [-0.4, -0.2) is 0 Å². The van der Waals surface area contributed by atoms with Crippen LogP contribution in [0.5, 0.6) is 0 Å². The smallest absolute Gasteiger partial charge is 0.150 e. The van der Waals surface area contributed by atoms with Gasteiger partial charge in [-0.25, -0.2) is 4.85 Å². The van der Waals surface area contributed by atoms with Crippen LogP contribution in [-0.2, 0) is 0 Å². The van der Waals surface area contributed by atoms with Gasteiger partial charge < -0.3 is 0 Å². The molecule has 1 rings (SSSR count). The van der Waals surface area contributed by atoms with E-state index in [1.54, 1.807) is 6.20 Å². The number of allylic oxidation sites excluding steroid dienone is 1. The summed E-state index contributed by atoms with van der Waals surface area (Å²) in [5.74, 6) is 0.887. The van der Waals surface area contributed by atoms with Crippen LogP contribution in [0, 0.1) is 12.5 Å². The van der Waals surface area contributed by atoms with Crippen LogP contribution in [0.1, 0.15) is 32.1 Å². The summed E-state index contributed by atoms with van der Waals surface area (Å²) >= 11 is 0. The van der Waals surface area contributed by atoms with E-state index in [9.17, 15) is 0 Å². The molecule has 54 valence electrons.